The molecule has 1 aromatic carbocycles. The fourth-order valence-corrected chi connectivity index (χ4v) is 3.20. The molecular formula is C16H20FNO2. The molecule has 2 aliphatic rings. The number of carbonyl (C=O) groups is 1. The fourth-order valence-electron chi connectivity index (χ4n) is 3.20. The fraction of sp³-hybridized carbons (Fsp3) is 0.562. The summed E-state index contributed by atoms with van der Waals surface area (Å²) in [5, 5.41) is 0. The number of carbonyl (C=O) groups excluding carboxylic acids is 1. The highest BCUT2D eigenvalue weighted by atomic mass is 19.1. The first-order valence-electron chi connectivity index (χ1n) is 7.29. The summed E-state index contributed by atoms with van der Waals surface area (Å²) in [6, 6.07) is 4.73. The van der Waals surface area contributed by atoms with E-state index >= 15 is 0 Å². The van der Waals surface area contributed by atoms with Gasteiger partial charge in [0.25, 0.3) is 0 Å². The van der Waals surface area contributed by atoms with Crippen LogP contribution in [-0.2, 0) is 11.2 Å². The zero-order chi connectivity index (χ0) is 14.1. The number of ether oxygens (including phenoxy) is 1. The SMILES string of the molecule is CC(=O)C1CCN(CC2Cc3cc(F)ccc3O2)CC1. The first kappa shape index (κ1) is 13.6. The van der Waals surface area contributed by atoms with E-state index in [2.05, 4.69) is 4.90 Å². The molecule has 20 heavy (non-hydrogen) atoms. The molecule has 3 rings (SSSR count). The lowest BCUT2D eigenvalue weighted by Gasteiger charge is -2.32. The summed E-state index contributed by atoms with van der Waals surface area (Å²) >= 11 is 0. The second-order valence-electron chi connectivity index (χ2n) is 5.88. The molecular weight excluding hydrogens is 257 g/mol. The smallest absolute Gasteiger partial charge is 0.133 e. The van der Waals surface area contributed by atoms with Gasteiger partial charge in [-0.3, -0.25) is 9.69 Å². The van der Waals surface area contributed by atoms with Crippen molar-refractivity contribution in [3.05, 3.63) is 29.6 Å². The highest BCUT2D eigenvalue weighted by Gasteiger charge is 2.28. The van der Waals surface area contributed by atoms with Crippen molar-refractivity contribution in [2.45, 2.75) is 32.3 Å². The summed E-state index contributed by atoms with van der Waals surface area (Å²) in [4.78, 5) is 13.7. The molecule has 108 valence electrons. The summed E-state index contributed by atoms with van der Waals surface area (Å²) in [5.74, 6) is 1.16. The van der Waals surface area contributed by atoms with E-state index in [0.29, 0.717) is 5.78 Å². The van der Waals surface area contributed by atoms with Crippen LogP contribution in [0.5, 0.6) is 5.75 Å². The number of piperidine rings is 1. The number of ketones is 1. The van der Waals surface area contributed by atoms with Gasteiger partial charge in [-0.1, -0.05) is 0 Å². The summed E-state index contributed by atoms with van der Waals surface area (Å²) in [5.41, 5.74) is 0.966. The van der Waals surface area contributed by atoms with Crippen LogP contribution in [-0.4, -0.2) is 36.4 Å². The second kappa shape index (κ2) is 5.52. The van der Waals surface area contributed by atoms with Gasteiger partial charge in [-0.15, -0.1) is 0 Å². The average Bonchev–Trinajstić information content (AvgIpc) is 2.80. The van der Waals surface area contributed by atoms with Crippen molar-refractivity contribution < 1.29 is 13.9 Å². The molecule has 2 heterocycles. The minimum Gasteiger partial charge on any atom is -0.488 e. The van der Waals surface area contributed by atoms with Gasteiger partial charge in [0, 0.05) is 24.4 Å². The Balaban J connectivity index is 1.53. The lowest BCUT2D eigenvalue weighted by Crippen LogP contribution is -2.41. The van der Waals surface area contributed by atoms with Gasteiger partial charge < -0.3 is 4.74 Å². The molecule has 1 aromatic rings. The third-order valence-electron chi connectivity index (χ3n) is 4.39. The molecule has 0 N–H and O–H groups in total. The third-order valence-corrected chi connectivity index (χ3v) is 4.39. The lowest BCUT2D eigenvalue weighted by atomic mass is 9.93. The number of likely N-dealkylation sites (tertiary alicyclic amines) is 1. The summed E-state index contributed by atoms with van der Waals surface area (Å²) in [7, 11) is 0. The quantitative estimate of drug-likeness (QED) is 0.850. The van der Waals surface area contributed by atoms with E-state index in [0.717, 1.165) is 50.2 Å². The van der Waals surface area contributed by atoms with Crippen LogP contribution < -0.4 is 4.74 Å². The first-order chi connectivity index (χ1) is 9.61. The van der Waals surface area contributed by atoms with E-state index in [1.165, 1.54) is 6.07 Å². The van der Waals surface area contributed by atoms with Gasteiger partial charge >= 0.3 is 0 Å². The zero-order valence-corrected chi connectivity index (χ0v) is 11.8. The Morgan fingerprint density at radius 1 is 1.40 bits per heavy atom. The van der Waals surface area contributed by atoms with Crippen LogP contribution in [0.1, 0.15) is 25.3 Å². The Hall–Kier alpha value is -1.42. The van der Waals surface area contributed by atoms with Crippen molar-refractivity contribution in [3.63, 3.8) is 0 Å². The van der Waals surface area contributed by atoms with Gasteiger partial charge in [-0.25, -0.2) is 4.39 Å². The highest BCUT2D eigenvalue weighted by molar-refractivity contribution is 5.78. The van der Waals surface area contributed by atoms with E-state index in [4.69, 9.17) is 4.74 Å². The normalized spacial score (nSPS) is 23.4. The van der Waals surface area contributed by atoms with Crippen LogP contribution in [0.2, 0.25) is 0 Å². The topological polar surface area (TPSA) is 29.5 Å². The summed E-state index contributed by atoms with van der Waals surface area (Å²) in [6.45, 7) is 4.45. The minimum atomic E-state index is -0.199. The van der Waals surface area contributed by atoms with Crippen molar-refractivity contribution in [2.75, 3.05) is 19.6 Å². The monoisotopic (exact) mass is 277 g/mol. The largest absolute Gasteiger partial charge is 0.488 e. The van der Waals surface area contributed by atoms with E-state index in [9.17, 15) is 9.18 Å². The minimum absolute atomic E-state index is 0.112. The number of benzene rings is 1. The first-order valence-corrected chi connectivity index (χ1v) is 7.29. The maximum atomic E-state index is 13.2. The molecule has 4 heteroatoms. The van der Waals surface area contributed by atoms with Crippen molar-refractivity contribution in [3.8, 4) is 5.75 Å². The summed E-state index contributed by atoms with van der Waals surface area (Å²) < 4.78 is 19.0. The molecule has 0 bridgehead atoms. The molecule has 1 fully saturated rings. The van der Waals surface area contributed by atoms with E-state index in [1.807, 2.05) is 0 Å². The van der Waals surface area contributed by atoms with Crippen LogP contribution in [0.15, 0.2) is 18.2 Å². The molecule has 0 saturated carbocycles. The Morgan fingerprint density at radius 2 is 2.15 bits per heavy atom. The van der Waals surface area contributed by atoms with Crippen molar-refractivity contribution in [1.82, 2.24) is 4.90 Å². The Kier molecular flexibility index (Phi) is 3.74. The van der Waals surface area contributed by atoms with Gasteiger partial charge in [-0.05, 0) is 51.1 Å². The second-order valence-corrected chi connectivity index (χ2v) is 5.88. The predicted molar refractivity (Wildman–Crippen MR) is 74.4 cm³/mol. The molecule has 0 aromatic heterocycles. The Morgan fingerprint density at radius 3 is 2.85 bits per heavy atom. The van der Waals surface area contributed by atoms with E-state index in [1.54, 1.807) is 19.1 Å². The zero-order valence-electron chi connectivity index (χ0n) is 11.8. The molecule has 2 aliphatic heterocycles. The molecule has 0 aliphatic carbocycles. The predicted octanol–water partition coefficient (Wildman–Crippen LogP) is 2.43. The van der Waals surface area contributed by atoms with Gasteiger partial charge in [0.1, 0.15) is 23.5 Å². The van der Waals surface area contributed by atoms with Crippen LogP contribution in [0.4, 0.5) is 4.39 Å². The van der Waals surface area contributed by atoms with Crippen LogP contribution >= 0.6 is 0 Å². The number of halogens is 1. The Labute approximate surface area is 118 Å². The number of rotatable bonds is 3. The van der Waals surface area contributed by atoms with Gasteiger partial charge in [0.15, 0.2) is 0 Å². The number of hydrogen-bond acceptors (Lipinski definition) is 3. The number of Topliss-reactive ketones (excluding diaryl/α,β-unsaturated/α-hetero) is 1. The molecule has 3 nitrogen and oxygen atoms in total. The molecule has 1 atom stereocenters. The van der Waals surface area contributed by atoms with Crippen molar-refractivity contribution in [2.24, 2.45) is 5.92 Å². The molecule has 1 unspecified atom stereocenters. The van der Waals surface area contributed by atoms with Gasteiger partial charge in [0.2, 0.25) is 0 Å². The van der Waals surface area contributed by atoms with E-state index in [-0.39, 0.29) is 17.8 Å². The van der Waals surface area contributed by atoms with Gasteiger partial charge in [-0.2, -0.15) is 0 Å². The standard InChI is InChI=1S/C16H20FNO2/c1-11(19)12-4-6-18(7-5-12)10-15-9-13-8-14(17)2-3-16(13)20-15/h2-3,8,12,15H,4-7,9-10H2,1H3. The number of nitrogens with zero attached hydrogens (tertiary/aromatic N) is 1. The maximum Gasteiger partial charge on any atom is 0.133 e. The van der Waals surface area contributed by atoms with Gasteiger partial charge in [0.05, 0.1) is 0 Å². The van der Waals surface area contributed by atoms with Crippen LogP contribution in [0, 0.1) is 11.7 Å². The number of fused-ring (bicyclic) bond motifs is 1. The summed E-state index contributed by atoms with van der Waals surface area (Å²) in [6.07, 6.45) is 2.79. The highest BCUT2D eigenvalue weighted by Crippen LogP contribution is 2.30. The molecule has 0 radical (unpaired) electrons. The Bertz CT molecular complexity index is 509. The lowest BCUT2D eigenvalue weighted by molar-refractivity contribution is -0.122. The molecule has 1 saturated heterocycles. The third kappa shape index (κ3) is 2.85. The van der Waals surface area contributed by atoms with Crippen LogP contribution in [0.25, 0.3) is 0 Å². The molecule has 0 spiro atoms. The van der Waals surface area contributed by atoms with Crippen LogP contribution in [0.3, 0.4) is 0 Å². The number of hydrogen-bond donors (Lipinski definition) is 0. The van der Waals surface area contributed by atoms with Crippen molar-refractivity contribution >= 4 is 5.78 Å². The average molecular weight is 277 g/mol. The van der Waals surface area contributed by atoms with E-state index < -0.39 is 0 Å². The maximum absolute atomic E-state index is 13.2. The molecule has 0 amide bonds. The van der Waals surface area contributed by atoms with Crippen molar-refractivity contribution in [1.29, 1.82) is 0 Å².